The molecule has 0 rings (SSSR count). The summed E-state index contributed by atoms with van der Waals surface area (Å²) >= 11 is 0. The molecule has 1 nitrogen and oxygen atoms in total. The van der Waals surface area contributed by atoms with Gasteiger partial charge >= 0.3 is 0 Å². The van der Waals surface area contributed by atoms with Gasteiger partial charge in [-0.1, -0.05) is 18.6 Å². The Bertz CT molecular complexity index is 121. The Kier molecular flexibility index (Phi) is 4.91. The second-order valence-corrected chi connectivity index (χ2v) is 2.85. The highest BCUT2D eigenvalue weighted by atomic mass is 14.3. The van der Waals surface area contributed by atoms with Crippen LogP contribution in [-0.4, -0.2) is 6.21 Å². The molecule has 0 fully saturated rings. The van der Waals surface area contributed by atoms with Crippen molar-refractivity contribution in [1.29, 1.82) is 5.41 Å². The van der Waals surface area contributed by atoms with Crippen molar-refractivity contribution >= 4 is 6.21 Å². The summed E-state index contributed by atoms with van der Waals surface area (Å²) in [4.78, 5) is 0. The second-order valence-electron chi connectivity index (χ2n) is 2.85. The first-order valence-electron chi connectivity index (χ1n) is 3.84. The van der Waals surface area contributed by atoms with Gasteiger partial charge in [0.1, 0.15) is 0 Å². The molecule has 0 saturated carbocycles. The fraction of sp³-hybridized carbons (Fsp3) is 0.667. The molecule has 0 amide bonds. The number of hydrogen-bond donors (Lipinski definition) is 1. The number of nitrogens with one attached hydrogen (secondary N) is 1. The molecule has 0 aromatic rings. The van der Waals surface area contributed by atoms with Gasteiger partial charge < -0.3 is 5.41 Å². The van der Waals surface area contributed by atoms with E-state index in [1.165, 1.54) is 5.57 Å². The predicted molar refractivity (Wildman–Crippen MR) is 46.6 cm³/mol. The van der Waals surface area contributed by atoms with Crippen LogP contribution in [0, 0.1) is 11.3 Å². The molecule has 0 bridgehead atoms. The van der Waals surface area contributed by atoms with Crippen LogP contribution in [0.3, 0.4) is 0 Å². The fourth-order valence-corrected chi connectivity index (χ4v) is 0.740. The van der Waals surface area contributed by atoms with E-state index in [0.717, 1.165) is 12.8 Å². The maximum Gasteiger partial charge on any atom is -0.00137 e. The van der Waals surface area contributed by atoms with Gasteiger partial charge in [-0.15, -0.1) is 0 Å². The van der Waals surface area contributed by atoms with Crippen LogP contribution in [0.25, 0.3) is 0 Å². The van der Waals surface area contributed by atoms with Gasteiger partial charge in [-0.2, -0.15) is 0 Å². The molecule has 0 heterocycles. The number of allylic oxidation sites excluding steroid dienone is 2. The molecule has 0 aliphatic rings. The van der Waals surface area contributed by atoms with Crippen LogP contribution in [0.4, 0.5) is 0 Å². The van der Waals surface area contributed by atoms with E-state index in [-0.39, 0.29) is 0 Å². The smallest absolute Gasteiger partial charge is 0.00137 e. The average molecular weight is 139 g/mol. The molecule has 10 heavy (non-hydrogen) atoms. The van der Waals surface area contributed by atoms with Gasteiger partial charge in [0.2, 0.25) is 0 Å². The normalized spacial score (nSPS) is 12.3. The van der Waals surface area contributed by atoms with Crippen molar-refractivity contribution in [1.82, 2.24) is 0 Å². The Morgan fingerprint density at radius 1 is 1.50 bits per heavy atom. The van der Waals surface area contributed by atoms with E-state index in [9.17, 15) is 0 Å². The highest BCUT2D eigenvalue weighted by Crippen LogP contribution is 2.06. The highest BCUT2D eigenvalue weighted by molar-refractivity contribution is 5.56. The molecule has 0 aliphatic carbocycles. The largest absolute Gasteiger partial charge is 0.313 e. The van der Waals surface area contributed by atoms with E-state index in [1.54, 1.807) is 6.21 Å². The van der Waals surface area contributed by atoms with Crippen molar-refractivity contribution < 1.29 is 0 Å². The van der Waals surface area contributed by atoms with Crippen LogP contribution in [-0.2, 0) is 0 Å². The second kappa shape index (κ2) is 5.21. The molecule has 1 unspecified atom stereocenters. The molecule has 0 aromatic carbocycles. The third-order valence-electron chi connectivity index (χ3n) is 1.59. The molecule has 0 aromatic heterocycles. The molecule has 0 saturated heterocycles. The van der Waals surface area contributed by atoms with E-state index >= 15 is 0 Å². The average Bonchev–Trinajstić information content (AvgIpc) is 1.90. The molecule has 1 heteroatoms. The Balaban J connectivity index is 3.64. The molecule has 0 spiro atoms. The zero-order valence-electron chi connectivity index (χ0n) is 7.15. The van der Waals surface area contributed by atoms with Crippen molar-refractivity contribution in [3.05, 3.63) is 11.6 Å². The van der Waals surface area contributed by atoms with Gasteiger partial charge in [-0.05, 0) is 38.8 Å². The zero-order valence-corrected chi connectivity index (χ0v) is 7.15. The van der Waals surface area contributed by atoms with E-state index in [4.69, 9.17) is 5.41 Å². The first-order chi connectivity index (χ1) is 4.70. The minimum atomic E-state index is 0.454. The van der Waals surface area contributed by atoms with Crippen LogP contribution in [0.1, 0.15) is 33.6 Å². The van der Waals surface area contributed by atoms with Gasteiger partial charge in [0.25, 0.3) is 0 Å². The van der Waals surface area contributed by atoms with Crippen LogP contribution in [0.15, 0.2) is 11.6 Å². The van der Waals surface area contributed by atoms with Crippen LogP contribution in [0.2, 0.25) is 0 Å². The lowest BCUT2D eigenvalue weighted by atomic mass is 10.0. The lowest BCUT2D eigenvalue weighted by Crippen LogP contribution is -1.96. The first kappa shape index (κ1) is 9.41. The zero-order chi connectivity index (χ0) is 7.98. The summed E-state index contributed by atoms with van der Waals surface area (Å²) in [5.74, 6) is 0.454. The summed E-state index contributed by atoms with van der Waals surface area (Å²) < 4.78 is 0. The van der Waals surface area contributed by atoms with E-state index in [2.05, 4.69) is 26.8 Å². The van der Waals surface area contributed by atoms with Crippen molar-refractivity contribution in [2.75, 3.05) is 0 Å². The third-order valence-corrected chi connectivity index (χ3v) is 1.59. The van der Waals surface area contributed by atoms with Gasteiger partial charge in [-0.25, -0.2) is 0 Å². The summed E-state index contributed by atoms with van der Waals surface area (Å²) in [6.07, 6.45) is 5.84. The third kappa shape index (κ3) is 4.30. The van der Waals surface area contributed by atoms with Crippen LogP contribution >= 0.6 is 0 Å². The van der Waals surface area contributed by atoms with Gasteiger partial charge in [-0.3, -0.25) is 0 Å². The Labute approximate surface area is 63.7 Å². The minimum Gasteiger partial charge on any atom is -0.313 e. The van der Waals surface area contributed by atoms with E-state index in [1.807, 2.05) is 0 Å². The lowest BCUT2D eigenvalue weighted by molar-refractivity contribution is 0.685. The number of hydrogen-bond acceptors (Lipinski definition) is 1. The highest BCUT2D eigenvalue weighted by Gasteiger charge is 1.97. The van der Waals surface area contributed by atoms with Gasteiger partial charge in [0, 0.05) is 0 Å². The fourth-order valence-electron chi connectivity index (χ4n) is 0.740. The molecular formula is C9H17N. The summed E-state index contributed by atoms with van der Waals surface area (Å²) in [5, 5.41) is 7.05. The van der Waals surface area contributed by atoms with Crippen LogP contribution < -0.4 is 0 Å². The van der Waals surface area contributed by atoms with E-state index in [0.29, 0.717) is 5.92 Å². The Morgan fingerprint density at radius 2 is 2.10 bits per heavy atom. The molecule has 1 atom stereocenters. The molecule has 0 aliphatic heterocycles. The molecule has 58 valence electrons. The van der Waals surface area contributed by atoms with Crippen molar-refractivity contribution in [2.24, 2.45) is 5.92 Å². The monoisotopic (exact) mass is 139 g/mol. The Morgan fingerprint density at radius 3 is 2.40 bits per heavy atom. The van der Waals surface area contributed by atoms with Crippen molar-refractivity contribution in [2.45, 2.75) is 33.6 Å². The molecule has 0 radical (unpaired) electrons. The minimum absolute atomic E-state index is 0.454. The lowest BCUT2D eigenvalue weighted by Gasteiger charge is -2.03. The quantitative estimate of drug-likeness (QED) is 0.457. The van der Waals surface area contributed by atoms with Gasteiger partial charge in [0.15, 0.2) is 0 Å². The SMILES string of the molecule is CCC(C=N)CC=C(C)C. The Hall–Kier alpha value is -0.590. The van der Waals surface area contributed by atoms with Crippen molar-refractivity contribution in [3.8, 4) is 0 Å². The topological polar surface area (TPSA) is 23.9 Å². The van der Waals surface area contributed by atoms with Gasteiger partial charge in [0.05, 0.1) is 0 Å². The summed E-state index contributed by atoms with van der Waals surface area (Å²) in [7, 11) is 0. The predicted octanol–water partition coefficient (Wildman–Crippen LogP) is 3.02. The standard InChI is InChI=1S/C9H17N/c1-4-9(7-10)6-5-8(2)3/h5,7,9-10H,4,6H2,1-3H3. The maximum atomic E-state index is 7.05. The van der Waals surface area contributed by atoms with E-state index < -0.39 is 0 Å². The molecular weight excluding hydrogens is 122 g/mol. The summed E-state index contributed by atoms with van der Waals surface area (Å²) in [5.41, 5.74) is 1.35. The summed E-state index contributed by atoms with van der Waals surface area (Å²) in [6.45, 7) is 6.31. The summed E-state index contributed by atoms with van der Waals surface area (Å²) in [6, 6.07) is 0. The number of rotatable bonds is 4. The first-order valence-corrected chi connectivity index (χ1v) is 3.84. The van der Waals surface area contributed by atoms with Crippen molar-refractivity contribution in [3.63, 3.8) is 0 Å². The maximum absolute atomic E-state index is 7.05. The molecule has 1 N–H and O–H groups in total. The van der Waals surface area contributed by atoms with Crippen LogP contribution in [0.5, 0.6) is 0 Å².